The first kappa shape index (κ1) is 18.4. The molecule has 2 N–H and O–H groups in total. The number of benzene rings is 1. The third-order valence-corrected chi connectivity index (χ3v) is 3.98. The second-order valence-corrected chi connectivity index (χ2v) is 5.65. The minimum absolute atomic E-state index is 0.106. The lowest BCUT2D eigenvalue weighted by Crippen LogP contribution is -2.47. The standard InChI is InChI=1S/C17H21N3O5/c1-4-10(2)14(16(22)24-3)18-13(21)9-25-17(23)15-11-7-5-6-8-12(11)19-20-15/h5-8,10,14H,4,9H2,1-3H3,(H,18,21)(H,19,20)/t10-,14-/m0/s1. The van der Waals surface area contributed by atoms with Gasteiger partial charge in [0.05, 0.1) is 12.6 Å². The molecule has 0 unspecified atom stereocenters. The van der Waals surface area contributed by atoms with Crippen LogP contribution in [-0.2, 0) is 19.1 Å². The first-order valence-corrected chi connectivity index (χ1v) is 7.95. The lowest BCUT2D eigenvalue weighted by Gasteiger charge is -2.21. The molecule has 0 spiro atoms. The third-order valence-electron chi connectivity index (χ3n) is 3.98. The molecule has 2 atom stereocenters. The third kappa shape index (κ3) is 4.34. The number of amides is 1. The van der Waals surface area contributed by atoms with Crippen molar-refractivity contribution < 1.29 is 23.9 Å². The Balaban J connectivity index is 1.96. The molecule has 8 nitrogen and oxygen atoms in total. The minimum Gasteiger partial charge on any atom is -0.467 e. The maximum atomic E-state index is 12.1. The highest BCUT2D eigenvalue weighted by molar-refractivity contribution is 6.02. The van der Waals surface area contributed by atoms with Crippen molar-refractivity contribution >= 4 is 28.7 Å². The van der Waals surface area contributed by atoms with E-state index in [1.807, 2.05) is 19.9 Å². The lowest BCUT2D eigenvalue weighted by molar-refractivity contribution is -0.147. The zero-order valence-corrected chi connectivity index (χ0v) is 14.4. The Hall–Kier alpha value is -2.90. The lowest BCUT2D eigenvalue weighted by atomic mass is 9.99. The van der Waals surface area contributed by atoms with E-state index in [0.29, 0.717) is 17.3 Å². The maximum absolute atomic E-state index is 12.1. The van der Waals surface area contributed by atoms with E-state index in [4.69, 9.17) is 9.47 Å². The summed E-state index contributed by atoms with van der Waals surface area (Å²) >= 11 is 0. The van der Waals surface area contributed by atoms with Gasteiger partial charge in [-0.15, -0.1) is 0 Å². The van der Waals surface area contributed by atoms with Gasteiger partial charge < -0.3 is 14.8 Å². The van der Waals surface area contributed by atoms with Gasteiger partial charge in [0.25, 0.3) is 5.91 Å². The van der Waals surface area contributed by atoms with Gasteiger partial charge in [0.2, 0.25) is 0 Å². The average Bonchev–Trinajstić information content (AvgIpc) is 3.07. The number of nitrogens with one attached hydrogen (secondary N) is 2. The molecule has 8 heteroatoms. The van der Waals surface area contributed by atoms with Gasteiger partial charge in [0.15, 0.2) is 12.3 Å². The van der Waals surface area contributed by atoms with Crippen molar-refractivity contribution in [3.05, 3.63) is 30.0 Å². The molecule has 0 radical (unpaired) electrons. The van der Waals surface area contributed by atoms with Gasteiger partial charge in [-0.2, -0.15) is 5.10 Å². The number of para-hydroxylation sites is 1. The topological polar surface area (TPSA) is 110 Å². The molecule has 1 amide bonds. The Morgan fingerprint density at radius 3 is 2.68 bits per heavy atom. The minimum atomic E-state index is -0.785. The van der Waals surface area contributed by atoms with E-state index in [-0.39, 0.29) is 11.6 Å². The van der Waals surface area contributed by atoms with Gasteiger partial charge in [-0.3, -0.25) is 9.89 Å². The molecular formula is C17H21N3O5. The molecule has 1 aromatic carbocycles. The SMILES string of the molecule is CC[C@H](C)[C@H](NC(=O)COC(=O)c1n[nH]c2ccccc12)C(=O)OC. The molecule has 0 fully saturated rings. The van der Waals surface area contributed by atoms with Gasteiger partial charge in [-0.1, -0.05) is 38.5 Å². The molecule has 0 aliphatic heterocycles. The smallest absolute Gasteiger partial charge is 0.359 e. The molecule has 0 aliphatic carbocycles. The molecule has 0 saturated carbocycles. The molecule has 0 aliphatic rings. The van der Waals surface area contributed by atoms with E-state index >= 15 is 0 Å². The summed E-state index contributed by atoms with van der Waals surface area (Å²) in [6.45, 7) is 3.21. The summed E-state index contributed by atoms with van der Waals surface area (Å²) in [5.74, 6) is -1.94. The van der Waals surface area contributed by atoms with E-state index in [9.17, 15) is 14.4 Å². The van der Waals surface area contributed by atoms with Gasteiger partial charge in [-0.05, 0) is 12.0 Å². The largest absolute Gasteiger partial charge is 0.467 e. The van der Waals surface area contributed by atoms with Crippen LogP contribution in [0.2, 0.25) is 0 Å². The molecule has 25 heavy (non-hydrogen) atoms. The van der Waals surface area contributed by atoms with Crippen LogP contribution >= 0.6 is 0 Å². The monoisotopic (exact) mass is 347 g/mol. The van der Waals surface area contributed by atoms with Crippen molar-refractivity contribution in [1.82, 2.24) is 15.5 Å². The number of carbonyl (C=O) groups is 3. The predicted molar refractivity (Wildman–Crippen MR) is 89.8 cm³/mol. The summed E-state index contributed by atoms with van der Waals surface area (Å²) in [4.78, 5) is 35.9. The van der Waals surface area contributed by atoms with Crippen LogP contribution in [0.15, 0.2) is 24.3 Å². The van der Waals surface area contributed by atoms with Crippen molar-refractivity contribution in [3.63, 3.8) is 0 Å². The molecule has 2 rings (SSSR count). The quantitative estimate of drug-likeness (QED) is 0.733. The van der Waals surface area contributed by atoms with Crippen molar-refractivity contribution in [2.45, 2.75) is 26.3 Å². The molecule has 2 aromatic rings. The number of ether oxygens (including phenoxy) is 2. The van der Waals surface area contributed by atoms with Crippen LogP contribution in [0.3, 0.4) is 0 Å². The second kappa shape index (κ2) is 8.27. The zero-order valence-electron chi connectivity index (χ0n) is 14.4. The van der Waals surface area contributed by atoms with E-state index < -0.39 is 30.5 Å². The highest BCUT2D eigenvalue weighted by Crippen LogP contribution is 2.15. The van der Waals surface area contributed by atoms with Crippen LogP contribution in [0.5, 0.6) is 0 Å². The van der Waals surface area contributed by atoms with E-state index in [2.05, 4.69) is 15.5 Å². The van der Waals surface area contributed by atoms with Crippen molar-refractivity contribution in [2.24, 2.45) is 5.92 Å². The van der Waals surface area contributed by atoms with Crippen molar-refractivity contribution in [3.8, 4) is 0 Å². The van der Waals surface area contributed by atoms with Crippen LogP contribution in [0.1, 0.15) is 30.8 Å². The molecule has 1 aromatic heterocycles. The Bertz CT molecular complexity index is 770. The van der Waals surface area contributed by atoms with E-state index in [0.717, 1.165) is 0 Å². The number of carbonyl (C=O) groups excluding carboxylic acids is 3. The number of hydrogen-bond acceptors (Lipinski definition) is 6. The molecular weight excluding hydrogens is 326 g/mol. The number of aromatic nitrogens is 2. The van der Waals surface area contributed by atoms with E-state index in [1.54, 1.807) is 18.2 Å². The molecule has 0 saturated heterocycles. The zero-order chi connectivity index (χ0) is 18.4. The summed E-state index contributed by atoms with van der Waals surface area (Å²) in [6.07, 6.45) is 0.680. The number of H-pyrrole nitrogens is 1. The predicted octanol–water partition coefficient (Wildman–Crippen LogP) is 1.42. The summed E-state index contributed by atoms with van der Waals surface area (Å²) in [6, 6.07) is 6.30. The second-order valence-electron chi connectivity index (χ2n) is 5.65. The number of esters is 2. The van der Waals surface area contributed by atoms with Gasteiger partial charge >= 0.3 is 11.9 Å². The van der Waals surface area contributed by atoms with Crippen LogP contribution < -0.4 is 5.32 Å². The van der Waals surface area contributed by atoms with Crippen LogP contribution in [0, 0.1) is 5.92 Å². The first-order valence-electron chi connectivity index (χ1n) is 7.95. The van der Waals surface area contributed by atoms with Crippen LogP contribution in [-0.4, -0.2) is 47.8 Å². The number of nitrogens with zero attached hydrogens (tertiary/aromatic N) is 1. The van der Waals surface area contributed by atoms with Crippen molar-refractivity contribution in [1.29, 1.82) is 0 Å². The van der Waals surface area contributed by atoms with Gasteiger partial charge in [-0.25, -0.2) is 9.59 Å². The Kier molecular flexibility index (Phi) is 6.10. The Morgan fingerprint density at radius 1 is 1.28 bits per heavy atom. The fraction of sp³-hybridized carbons (Fsp3) is 0.412. The fourth-order valence-corrected chi connectivity index (χ4v) is 2.33. The summed E-state index contributed by atoms with van der Waals surface area (Å²) in [5, 5.41) is 9.78. The molecule has 134 valence electrons. The van der Waals surface area contributed by atoms with Gasteiger partial charge in [0.1, 0.15) is 6.04 Å². The average molecular weight is 347 g/mol. The summed E-state index contributed by atoms with van der Waals surface area (Å²) in [5.41, 5.74) is 0.802. The fourth-order valence-electron chi connectivity index (χ4n) is 2.33. The first-order chi connectivity index (χ1) is 12.0. The maximum Gasteiger partial charge on any atom is 0.359 e. The Labute approximate surface area is 144 Å². The number of fused-ring (bicyclic) bond motifs is 1. The summed E-state index contributed by atoms with van der Waals surface area (Å²) < 4.78 is 9.69. The Morgan fingerprint density at radius 2 is 2.00 bits per heavy atom. The highest BCUT2D eigenvalue weighted by Gasteiger charge is 2.27. The number of rotatable bonds is 7. The molecule has 1 heterocycles. The van der Waals surface area contributed by atoms with Crippen LogP contribution in [0.25, 0.3) is 10.9 Å². The number of methoxy groups -OCH3 is 1. The normalized spacial score (nSPS) is 13.1. The number of aromatic amines is 1. The van der Waals surface area contributed by atoms with Gasteiger partial charge in [0, 0.05) is 5.39 Å². The molecule has 0 bridgehead atoms. The number of hydrogen-bond donors (Lipinski definition) is 2. The van der Waals surface area contributed by atoms with Crippen molar-refractivity contribution in [2.75, 3.05) is 13.7 Å². The van der Waals surface area contributed by atoms with Crippen LogP contribution in [0.4, 0.5) is 0 Å². The highest BCUT2D eigenvalue weighted by atomic mass is 16.5. The summed E-state index contributed by atoms with van der Waals surface area (Å²) in [7, 11) is 1.26. The van der Waals surface area contributed by atoms with E-state index in [1.165, 1.54) is 7.11 Å².